The molecule has 0 amide bonds. The Morgan fingerprint density at radius 1 is 1.25 bits per heavy atom. The Morgan fingerprint density at radius 2 is 2.04 bits per heavy atom. The van der Waals surface area contributed by atoms with Crippen LogP contribution in [-0.4, -0.2) is 46.4 Å². The number of halogens is 1. The van der Waals surface area contributed by atoms with Crippen LogP contribution in [-0.2, 0) is 11.3 Å². The van der Waals surface area contributed by atoms with Crippen molar-refractivity contribution in [3.05, 3.63) is 40.5 Å². The van der Waals surface area contributed by atoms with Gasteiger partial charge in [-0.2, -0.15) is 0 Å². The second kappa shape index (κ2) is 8.45. The van der Waals surface area contributed by atoms with Crippen LogP contribution in [0, 0.1) is 6.92 Å². The first-order chi connectivity index (χ1) is 13.5. The summed E-state index contributed by atoms with van der Waals surface area (Å²) in [5.74, 6) is 0.505. The van der Waals surface area contributed by atoms with Crippen molar-refractivity contribution in [1.29, 1.82) is 0 Å². The molecule has 0 aliphatic rings. The van der Waals surface area contributed by atoms with Crippen LogP contribution in [0.25, 0.3) is 11.0 Å². The van der Waals surface area contributed by atoms with Crippen LogP contribution >= 0.6 is 11.6 Å². The molecular weight excluding hydrogens is 384 g/mol. The minimum atomic E-state index is -0.486. The van der Waals surface area contributed by atoms with E-state index in [-0.39, 0.29) is 6.61 Å². The number of benzene rings is 1. The number of ether oxygens (including phenoxy) is 2. The molecule has 0 bridgehead atoms. The molecule has 3 aromatic rings. The van der Waals surface area contributed by atoms with Crippen molar-refractivity contribution in [1.82, 2.24) is 14.5 Å². The van der Waals surface area contributed by atoms with Crippen molar-refractivity contribution in [3.8, 4) is 5.88 Å². The first kappa shape index (κ1) is 19.9. The third-order valence-corrected chi connectivity index (χ3v) is 4.61. The molecule has 0 atom stereocenters. The summed E-state index contributed by atoms with van der Waals surface area (Å²) in [4.78, 5) is 21.2. The van der Waals surface area contributed by atoms with Crippen LogP contribution in [0.15, 0.2) is 24.3 Å². The average molecular weight is 405 g/mol. The zero-order valence-corrected chi connectivity index (χ0v) is 16.6. The van der Waals surface area contributed by atoms with Crippen molar-refractivity contribution >= 4 is 40.2 Å². The van der Waals surface area contributed by atoms with E-state index >= 15 is 0 Å². The normalized spacial score (nSPS) is 10.9. The minimum Gasteiger partial charge on any atom is -0.481 e. The van der Waals surface area contributed by atoms with E-state index in [2.05, 4.69) is 15.3 Å². The zero-order valence-electron chi connectivity index (χ0n) is 15.8. The highest BCUT2D eigenvalue weighted by Gasteiger charge is 2.21. The van der Waals surface area contributed by atoms with E-state index in [1.807, 2.05) is 17.6 Å². The van der Waals surface area contributed by atoms with Crippen molar-refractivity contribution in [2.24, 2.45) is 0 Å². The highest BCUT2D eigenvalue weighted by molar-refractivity contribution is 6.35. The molecule has 0 saturated carbocycles. The van der Waals surface area contributed by atoms with Gasteiger partial charge in [0.05, 0.1) is 41.7 Å². The Bertz CT molecular complexity index is 1020. The number of pyridine rings is 1. The molecule has 2 aromatic heterocycles. The van der Waals surface area contributed by atoms with E-state index < -0.39 is 5.97 Å². The maximum absolute atomic E-state index is 12.3. The minimum absolute atomic E-state index is 0.00362. The molecule has 1 aromatic carbocycles. The van der Waals surface area contributed by atoms with Gasteiger partial charge in [-0.3, -0.25) is 0 Å². The lowest BCUT2D eigenvalue weighted by molar-refractivity contribution is 0.0602. The molecule has 2 N–H and O–H groups in total. The number of carbonyl (C=O) groups is 1. The number of imidazole rings is 1. The van der Waals surface area contributed by atoms with Crippen LogP contribution in [0.4, 0.5) is 11.6 Å². The lowest BCUT2D eigenvalue weighted by Gasteiger charge is -2.13. The molecule has 28 heavy (non-hydrogen) atoms. The van der Waals surface area contributed by atoms with Gasteiger partial charge in [0.1, 0.15) is 5.52 Å². The van der Waals surface area contributed by atoms with Gasteiger partial charge in [-0.15, -0.1) is 0 Å². The number of hydrogen-bond acceptors (Lipinski definition) is 7. The molecule has 9 heteroatoms. The van der Waals surface area contributed by atoms with Crippen molar-refractivity contribution in [2.75, 3.05) is 26.1 Å². The smallest absolute Gasteiger partial charge is 0.340 e. The summed E-state index contributed by atoms with van der Waals surface area (Å²) in [6, 6.07) is 6.80. The first-order valence-electron chi connectivity index (χ1n) is 8.66. The summed E-state index contributed by atoms with van der Waals surface area (Å²) in [7, 11) is 2.88. The molecule has 8 nitrogen and oxygen atoms in total. The van der Waals surface area contributed by atoms with Gasteiger partial charge in [0, 0.05) is 19.2 Å². The Morgan fingerprint density at radius 3 is 2.68 bits per heavy atom. The summed E-state index contributed by atoms with van der Waals surface area (Å²) in [5.41, 5.74) is 2.83. The molecule has 0 radical (unpaired) electrons. The zero-order chi connectivity index (χ0) is 20.3. The van der Waals surface area contributed by atoms with Crippen molar-refractivity contribution < 1.29 is 19.4 Å². The second-order valence-corrected chi connectivity index (χ2v) is 6.47. The van der Waals surface area contributed by atoms with Gasteiger partial charge >= 0.3 is 5.97 Å². The highest BCUT2D eigenvalue weighted by atomic mass is 35.5. The third-order valence-electron chi connectivity index (χ3n) is 4.31. The molecule has 0 spiro atoms. The summed E-state index contributed by atoms with van der Waals surface area (Å²) < 4.78 is 11.9. The van der Waals surface area contributed by atoms with Crippen LogP contribution in [0.5, 0.6) is 5.88 Å². The molecule has 0 fully saturated rings. The predicted octanol–water partition coefficient (Wildman–Crippen LogP) is 3.31. The number of aromatic nitrogens is 3. The standard InChI is InChI=1S/C19H21ClN4O4/c1-11-14(7-8-15(21-11)27-2)22-19-23-16-13(20)6-5-12(18(26)28-3)17(16)24(19)9-4-10-25/h5-8,25H,4,9-10H2,1-3H3,(H,22,23). The number of methoxy groups -OCH3 is 2. The molecule has 0 saturated heterocycles. The third kappa shape index (κ3) is 3.74. The predicted molar refractivity (Wildman–Crippen MR) is 107 cm³/mol. The van der Waals surface area contributed by atoms with Gasteiger partial charge in [-0.1, -0.05) is 11.6 Å². The number of carbonyl (C=O) groups excluding carboxylic acids is 1. The fourth-order valence-electron chi connectivity index (χ4n) is 2.93. The Labute approximate surface area is 167 Å². The number of rotatable bonds is 7. The number of hydrogen-bond donors (Lipinski definition) is 2. The molecule has 0 aliphatic carbocycles. The first-order valence-corrected chi connectivity index (χ1v) is 9.04. The summed E-state index contributed by atoms with van der Waals surface area (Å²) in [6.45, 7) is 2.27. The molecule has 2 heterocycles. The lowest BCUT2D eigenvalue weighted by atomic mass is 10.2. The highest BCUT2D eigenvalue weighted by Crippen LogP contribution is 2.32. The van der Waals surface area contributed by atoms with Crippen LogP contribution in [0.2, 0.25) is 5.02 Å². The van der Waals surface area contributed by atoms with Gasteiger partial charge in [0.25, 0.3) is 0 Å². The quantitative estimate of drug-likeness (QED) is 0.583. The Hall–Kier alpha value is -2.84. The van der Waals surface area contributed by atoms with E-state index in [9.17, 15) is 9.90 Å². The van der Waals surface area contributed by atoms with Gasteiger partial charge < -0.3 is 24.5 Å². The van der Waals surface area contributed by atoms with Crippen molar-refractivity contribution in [2.45, 2.75) is 19.9 Å². The van der Waals surface area contributed by atoms with Gasteiger partial charge in [0.2, 0.25) is 11.8 Å². The SMILES string of the molecule is COC(=O)c1ccc(Cl)c2nc(Nc3ccc(OC)nc3C)n(CCCO)c12. The van der Waals surface area contributed by atoms with E-state index in [1.165, 1.54) is 7.11 Å². The van der Waals surface area contributed by atoms with E-state index in [0.717, 1.165) is 11.4 Å². The van der Waals surface area contributed by atoms with Gasteiger partial charge in [0.15, 0.2) is 0 Å². The topological polar surface area (TPSA) is 98.5 Å². The lowest BCUT2D eigenvalue weighted by Crippen LogP contribution is -2.10. The molecule has 3 rings (SSSR count). The molecule has 0 aliphatic heterocycles. The van der Waals surface area contributed by atoms with E-state index in [1.54, 1.807) is 25.3 Å². The van der Waals surface area contributed by atoms with Crippen LogP contribution in [0.3, 0.4) is 0 Å². The van der Waals surface area contributed by atoms with Gasteiger partial charge in [-0.25, -0.2) is 14.8 Å². The largest absolute Gasteiger partial charge is 0.481 e. The Kier molecular flexibility index (Phi) is 6.01. The summed E-state index contributed by atoms with van der Waals surface area (Å²) >= 11 is 6.34. The van der Waals surface area contributed by atoms with Crippen LogP contribution in [0.1, 0.15) is 22.5 Å². The van der Waals surface area contributed by atoms with E-state index in [0.29, 0.717) is 46.4 Å². The number of aliphatic hydroxyl groups is 1. The number of nitrogens with one attached hydrogen (secondary N) is 1. The number of esters is 1. The number of aliphatic hydroxyl groups excluding tert-OH is 1. The summed E-state index contributed by atoms with van der Waals surface area (Å²) in [5, 5.41) is 13.0. The molecular formula is C19H21ClN4O4. The fraction of sp³-hybridized carbons (Fsp3) is 0.316. The van der Waals surface area contributed by atoms with Crippen LogP contribution < -0.4 is 10.1 Å². The average Bonchev–Trinajstić information content (AvgIpc) is 3.06. The number of aryl methyl sites for hydroxylation is 2. The number of anilines is 2. The summed E-state index contributed by atoms with van der Waals surface area (Å²) in [6.07, 6.45) is 0.479. The maximum atomic E-state index is 12.3. The monoisotopic (exact) mass is 404 g/mol. The van der Waals surface area contributed by atoms with Crippen molar-refractivity contribution in [3.63, 3.8) is 0 Å². The molecule has 148 valence electrons. The maximum Gasteiger partial charge on any atom is 0.340 e. The Balaban J connectivity index is 2.16. The van der Waals surface area contributed by atoms with E-state index in [4.69, 9.17) is 21.1 Å². The number of fused-ring (bicyclic) bond motifs is 1. The second-order valence-electron chi connectivity index (χ2n) is 6.06. The van der Waals surface area contributed by atoms with Gasteiger partial charge in [-0.05, 0) is 31.5 Å². The molecule has 0 unspecified atom stereocenters. The number of nitrogens with zero attached hydrogens (tertiary/aromatic N) is 3. The fourth-order valence-corrected chi connectivity index (χ4v) is 3.12.